The van der Waals surface area contributed by atoms with Gasteiger partial charge in [-0.1, -0.05) is 6.07 Å². The third-order valence-corrected chi connectivity index (χ3v) is 4.14. The maximum absolute atomic E-state index is 12.5. The number of nitrogens with one attached hydrogen (secondary N) is 1. The van der Waals surface area contributed by atoms with Crippen molar-refractivity contribution in [3.63, 3.8) is 0 Å². The van der Waals surface area contributed by atoms with Gasteiger partial charge in [0.25, 0.3) is 5.91 Å². The van der Waals surface area contributed by atoms with Crippen molar-refractivity contribution in [1.82, 2.24) is 5.32 Å². The Morgan fingerprint density at radius 1 is 1.03 bits per heavy atom. The molecular weight excluding hydrogens is 412 g/mol. The second kappa shape index (κ2) is 15.5. The van der Waals surface area contributed by atoms with E-state index in [0.29, 0.717) is 31.9 Å². The molecule has 0 bridgehead atoms. The van der Waals surface area contributed by atoms with Gasteiger partial charge < -0.3 is 45.7 Å². The lowest BCUT2D eigenvalue weighted by molar-refractivity contribution is -0.141. The maximum Gasteiger partial charge on any atom is 0.306 e. The number of carbonyl (C=O) groups is 2. The van der Waals surface area contributed by atoms with Gasteiger partial charge in [-0.2, -0.15) is 0 Å². The average Bonchev–Trinajstić information content (AvgIpc) is 2.75. The number of aliphatic carboxylic acids is 1. The smallest absolute Gasteiger partial charge is 0.306 e. The zero-order chi connectivity index (χ0) is 23.1. The lowest BCUT2D eigenvalue weighted by atomic mass is 10.1. The van der Waals surface area contributed by atoms with Crippen LogP contribution in [0.2, 0.25) is 0 Å². The van der Waals surface area contributed by atoms with Crippen LogP contribution in [0.15, 0.2) is 18.2 Å². The number of aliphatic hydroxyl groups is 3. The fourth-order valence-electron chi connectivity index (χ4n) is 2.51. The Labute approximate surface area is 180 Å². The summed E-state index contributed by atoms with van der Waals surface area (Å²) in [5.41, 5.74) is 6.01. The molecule has 176 valence electrons. The van der Waals surface area contributed by atoms with Crippen LogP contribution in [-0.4, -0.2) is 90.6 Å². The number of nitrogens with two attached hydrogens (primary N) is 1. The average molecular weight is 444 g/mol. The van der Waals surface area contributed by atoms with Gasteiger partial charge in [0.05, 0.1) is 63.8 Å². The monoisotopic (exact) mass is 444 g/mol. The van der Waals surface area contributed by atoms with Gasteiger partial charge in [-0.15, -0.1) is 0 Å². The summed E-state index contributed by atoms with van der Waals surface area (Å²) in [6, 6.07) is 4.60. The number of benzene rings is 1. The molecule has 1 amide bonds. The quantitative estimate of drug-likeness (QED) is 0.161. The zero-order valence-electron chi connectivity index (χ0n) is 17.4. The molecule has 0 saturated heterocycles. The van der Waals surface area contributed by atoms with E-state index < -0.39 is 30.5 Å². The summed E-state index contributed by atoms with van der Waals surface area (Å²) in [5.74, 6) is -1.43. The molecule has 0 aliphatic rings. The molecule has 1 aromatic rings. The number of hydrogen-bond acceptors (Lipinski definition) is 9. The van der Waals surface area contributed by atoms with E-state index in [9.17, 15) is 24.9 Å². The second-order valence-corrected chi connectivity index (χ2v) is 6.63. The largest absolute Gasteiger partial charge is 0.493 e. The third kappa shape index (κ3) is 11.1. The minimum Gasteiger partial charge on any atom is -0.493 e. The van der Waals surface area contributed by atoms with Crippen LogP contribution in [0.3, 0.4) is 0 Å². The molecule has 1 rings (SSSR count). The predicted octanol–water partition coefficient (Wildman–Crippen LogP) is -1.13. The standard InChI is InChI=1S/C20H32N2O9/c21-4-7-29-9-10-30-8-5-22-20(28)15-11-14(13-23)1-2-18(15)31-6-3-16(24)17(25)12-19(26)27/h1-2,11,16-17,23-25H,3-10,12-13,21H2,(H,22,28)(H,26,27)/t16?,17-/m0/s1. The van der Waals surface area contributed by atoms with Gasteiger partial charge in [0.2, 0.25) is 0 Å². The summed E-state index contributed by atoms with van der Waals surface area (Å²) in [6.07, 6.45) is -3.31. The Morgan fingerprint density at radius 2 is 1.74 bits per heavy atom. The molecule has 0 saturated carbocycles. The molecule has 0 heterocycles. The molecule has 11 heteroatoms. The first-order valence-electron chi connectivity index (χ1n) is 9.97. The van der Waals surface area contributed by atoms with Crippen molar-refractivity contribution in [2.75, 3.05) is 46.1 Å². The number of carbonyl (C=O) groups excluding carboxylic acids is 1. The van der Waals surface area contributed by atoms with Crippen molar-refractivity contribution in [2.24, 2.45) is 5.73 Å². The molecule has 0 spiro atoms. The molecule has 2 atom stereocenters. The van der Waals surface area contributed by atoms with E-state index >= 15 is 0 Å². The molecule has 0 radical (unpaired) electrons. The van der Waals surface area contributed by atoms with Crippen LogP contribution in [-0.2, 0) is 20.9 Å². The number of ether oxygens (including phenoxy) is 3. The predicted molar refractivity (Wildman–Crippen MR) is 110 cm³/mol. The third-order valence-electron chi connectivity index (χ3n) is 4.14. The molecule has 0 aliphatic heterocycles. The Hall–Kier alpha value is -2.28. The zero-order valence-corrected chi connectivity index (χ0v) is 17.4. The van der Waals surface area contributed by atoms with E-state index in [1.165, 1.54) is 12.1 Å². The first kappa shape index (κ1) is 26.8. The first-order valence-corrected chi connectivity index (χ1v) is 9.97. The number of amides is 1. The van der Waals surface area contributed by atoms with Crippen molar-refractivity contribution >= 4 is 11.9 Å². The minimum atomic E-state index is -1.42. The summed E-state index contributed by atoms with van der Waals surface area (Å²) in [6.45, 7) is 1.90. The first-order chi connectivity index (χ1) is 14.9. The molecule has 0 fully saturated rings. The van der Waals surface area contributed by atoms with Crippen LogP contribution in [0.1, 0.15) is 28.8 Å². The fourth-order valence-corrected chi connectivity index (χ4v) is 2.51. The molecule has 1 unspecified atom stereocenters. The van der Waals surface area contributed by atoms with Crippen molar-refractivity contribution in [1.29, 1.82) is 0 Å². The maximum atomic E-state index is 12.5. The van der Waals surface area contributed by atoms with Gasteiger partial charge in [-0.05, 0) is 17.7 Å². The Bertz CT molecular complexity index is 672. The fraction of sp³-hybridized carbons (Fsp3) is 0.600. The van der Waals surface area contributed by atoms with Crippen LogP contribution >= 0.6 is 0 Å². The highest BCUT2D eigenvalue weighted by Gasteiger charge is 2.20. The minimum absolute atomic E-state index is 0.0304. The highest BCUT2D eigenvalue weighted by atomic mass is 16.5. The molecule has 0 aromatic heterocycles. The van der Waals surface area contributed by atoms with Crippen molar-refractivity contribution in [3.05, 3.63) is 29.3 Å². The van der Waals surface area contributed by atoms with Crippen LogP contribution < -0.4 is 15.8 Å². The molecular formula is C20H32N2O9. The summed E-state index contributed by atoms with van der Waals surface area (Å²) in [5, 5.41) is 40.1. The number of carboxylic acids is 1. The molecule has 31 heavy (non-hydrogen) atoms. The number of aliphatic hydroxyl groups excluding tert-OH is 3. The van der Waals surface area contributed by atoms with Crippen molar-refractivity contribution in [3.8, 4) is 5.75 Å². The van der Waals surface area contributed by atoms with Crippen LogP contribution in [0, 0.1) is 0 Å². The molecule has 0 aliphatic carbocycles. The molecule has 7 N–H and O–H groups in total. The number of hydrogen-bond donors (Lipinski definition) is 6. The van der Waals surface area contributed by atoms with Crippen LogP contribution in [0.25, 0.3) is 0 Å². The summed E-state index contributed by atoms with van der Waals surface area (Å²) >= 11 is 0. The van der Waals surface area contributed by atoms with Crippen molar-refractivity contribution in [2.45, 2.75) is 31.7 Å². The Balaban J connectivity index is 2.53. The van der Waals surface area contributed by atoms with E-state index in [0.717, 1.165) is 0 Å². The Kier molecular flexibility index (Phi) is 13.4. The molecule has 1 aromatic carbocycles. The van der Waals surface area contributed by atoms with Gasteiger partial charge >= 0.3 is 5.97 Å². The van der Waals surface area contributed by atoms with Crippen molar-refractivity contribution < 1.29 is 44.2 Å². The summed E-state index contributed by atoms with van der Waals surface area (Å²) in [7, 11) is 0. The lowest BCUT2D eigenvalue weighted by Gasteiger charge is -2.17. The number of rotatable bonds is 17. The summed E-state index contributed by atoms with van der Waals surface area (Å²) in [4.78, 5) is 23.1. The summed E-state index contributed by atoms with van der Waals surface area (Å²) < 4.78 is 16.1. The van der Waals surface area contributed by atoms with Crippen LogP contribution in [0.4, 0.5) is 0 Å². The van der Waals surface area contributed by atoms with Gasteiger partial charge in [0.1, 0.15) is 5.75 Å². The van der Waals surface area contributed by atoms with E-state index in [1.807, 2.05) is 0 Å². The van der Waals surface area contributed by atoms with Gasteiger partial charge in [-0.3, -0.25) is 9.59 Å². The normalized spacial score (nSPS) is 12.9. The number of carboxylic acid groups (broad SMARTS) is 1. The van der Waals surface area contributed by atoms with Gasteiger partial charge in [0.15, 0.2) is 0 Å². The SMILES string of the molecule is NCCOCCOCCNC(=O)c1cc(CO)ccc1OCCC(O)[C@@H](O)CC(=O)O. The van der Waals surface area contributed by atoms with Gasteiger partial charge in [0, 0.05) is 19.5 Å². The van der Waals surface area contributed by atoms with E-state index in [-0.39, 0.29) is 44.1 Å². The Morgan fingerprint density at radius 3 is 2.39 bits per heavy atom. The molecule has 11 nitrogen and oxygen atoms in total. The van der Waals surface area contributed by atoms with Gasteiger partial charge in [-0.25, -0.2) is 0 Å². The van der Waals surface area contributed by atoms with E-state index in [2.05, 4.69) is 5.32 Å². The highest BCUT2D eigenvalue weighted by molar-refractivity contribution is 5.97. The topological polar surface area (TPSA) is 181 Å². The van der Waals surface area contributed by atoms with Crippen LogP contribution in [0.5, 0.6) is 5.75 Å². The van der Waals surface area contributed by atoms with E-state index in [4.69, 9.17) is 25.1 Å². The van der Waals surface area contributed by atoms with E-state index in [1.54, 1.807) is 6.07 Å². The lowest BCUT2D eigenvalue weighted by Crippen LogP contribution is -2.30. The second-order valence-electron chi connectivity index (χ2n) is 6.63. The highest BCUT2D eigenvalue weighted by Crippen LogP contribution is 2.21.